The van der Waals surface area contributed by atoms with Gasteiger partial charge in [0.05, 0.1) is 25.3 Å². The molecule has 0 saturated carbocycles. The zero-order chi connectivity index (χ0) is 18.4. The lowest BCUT2D eigenvalue weighted by Crippen LogP contribution is -2.35. The van der Waals surface area contributed by atoms with E-state index in [9.17, 15) is 9.59 Å². The lowest BCUT2D eigenvalue weighted by atomic mass is 10.0. The summed E-state index contributed by atoms with van der Waals surface area (Å²) in [6, 6.07) is 11.3. The van der Waals surface area contributed by atoms with Gasteiger partial charge < -0.3 is 21.1 Å². The van der Waals surface area contributed by atoms with Crippen LogP contribution < -0.4 is 21.1 Å². The number of halogens is 1. The largest absolute Gasteiger partial charge is 0.495 e. The molecule has 0 radical (unpaired) electrons. The van der Waals surface area contributed by atoms with Crippen molar-refractivity contribution in [3.8, 4) is 5.75 Å². The Balaban J connectivity index is 2.17. The number of hydrogen-bond acceptors (Lipinski definition) is 3. The Hall–Kier alpha value is -2.73. The normalized spacial score (nSPS) is 11.5. The molecule has 0 heterocycles. The summed E-state index contributed by atoms with van der Waals surface area (Å²) in [5, 5.41) is 5.92. The summed E-state index contributed by atoms with van der Waals surface area (Å²) < 4.78 is 5.25. The zero-order valence-electron chi connectivity index (χ0n) is 14.0. The first-order chi connectivity index (χ1) is 11.9. The summed E-state index contributed by atoms with van der Waals surface area (Å²) in [6.07, 6.45) is 0.0256. The van der Waals surface area contributed by atoms with Crippen molar-refractivity contribution >= 4 is 29.2 Å². The van der Waals surface area contributed by atoms with Crippen LogP contribution in [0.3, 0.4) is 0 Å². The maximum absolute atomic E-state index is 12.5. The highest BCUT2D eigenvalue weighted by Crippen LogP contribution is 2.31. The second-order valence-corrected chi connectivity index (χ2v) is 5.93. The number of carbonyl (C=O) groups excluding carboxylic acids is 2. The number of carbonyl (C=O) groups is 2. The number of nitrogens with two attached hydrogens (primary N) is 1. The molecule has 3 amide bonds. The second kappa shape index (κ2) is 8.39. The molecule has 1 atom stereocenters. The van der Waals surface area contributed by atoms with E-state index in [2.05, 4.69) is 10.6 Å². The van der Waals surface area contributed by atoms with Gasteiger partial charge in [0.25, 0.3) is 0 Å². The minimum Gasteiger partial charge on any atom is -0.495 e. The van der Waals surface area contributed by atoms with Gasteiger partial charge in [-0.25, -0.2) is 4.79 Å². The maximum Gasteiger partial charge on any atom is 0.312 e. The molecule has 0 aromatic heterocycles. The molecule has 0 aliphatic carbocycles. The van der Waals surface area contributed by atoms with Crippen LogP contribution in [0.25, 0.3) is 0 Å². The van der Waals surface area contributed by atoms with Crippen molar-refractivity contribution in [1.29, 1.82) is 0 Å². The fourth-order valence-electron chi connectivity index (χ4n) is 2.43. The van der Waals surface area contributed by atoms with Crippen molar-refractivity contribution in [1.82, 2.24) is 5.32 Å². The van der Waals surface area contributed by atoms with Gasteiger partial charge in [0, 0.05) is 11.1 Å². The van der Waals surface area contributed by atoms with Crippen LogP contribution >= 0.6 is 11.6 Å². The van der Waals surface area contributed by atoms with E-state index in [0.717, 1.165) is 11.1 Å². The van der Waals surface area contributed by atoms with Crippen LogP contribution in [0.15, 0.2) is 42.5 Å². The summed E-state index contributed by atoms with van der Waals surface area (Å²) >= 11 is 6.07. The van der Waals surface area contributed by atoms with Crippen LogP contribution in [0, 0.1) is 6.92 Å². The number of primary amides is 1. The molecule has 2 rings (SSSR count). The van der Waals surface area contributed by atoms with Crippen LogP contribution in [0.1, 0.15) is 23.6 Å². The molecule has 4 N–H and O–H groups in total. The van der Waals surface area contributed by atoms with Gasteiger partial charge in [0.1, 0.15) is 5.75 Å². The smallest absolute Gasteiger partial charge is 0.312 e. The van der Waals surface area contributed by atoms with E-state index in [1.807, 2.05) is 37.3 Å². The minimum atomic E-state index is -0.693. The number of methoxy groups -OCH3 is 1. The molecule has 0 saturated heterocycles. The fourth-order valence-corrected chi connectivity index (χ4v) is 2.58. The summed E-state index contributed by atoms with van der Waals surface area (Å²) in [6.45, 7) is 1.83. The molecule has 1 unspecified atom stereocenters. The quantitative estimate of drug-likeness (QED) is 0.736. The summed E-state index contributed by atoms with van der Waals surface area (Å²) in [4.78, 5) is 23.7. The van der Waals surface area contributed by atoms with Gasteiger partial charge in [-0.15, -0.1) is 0 Å². The van der Waals surface area contributed by atoms with E-state index < -0.39 is 12.1 Å². The van der Waals surface area contributed by atoms with E-state index in [1.165, 1.54) is 7.11 Å². The molecule has 0 aliphatic heterocycles. The average molecular weight is 362 g/mol. The van der Waals surface area contributed by atoms with Crippen LogP contribution in [-0.4, -0.2) is 19.0 Å². The maximum atomic E-state index is 12.5. The van der Waals surface area contributed by atoms with Crippen molar-refractivity contribution in [2.45, 2.75) is 19.4 Å². The van der Waals surface area contributed by atoms with E-state index in [0.29, 0.717) is 16.5 Å². The Labute approximate surface area is 151 Å². The number of benzene rings is 2. The molecule has 2 aromatic carbocycles. The number of aryl methyl sites for hydroxylation is 1. The molecule has 0 bridgehead atoms. The van der Waals surface area contributed by atoms with Crippen LogP contribution in [0.2, 0.25) is 5.02 Å². The van der Waals surface area contributed by atoms with E-state index >= 15 is 0 Å². The Bertz CT molecular complexity index is 766. The van der Waals surface area contributed by atoms with Gasteiger partial charge in [0.15, 0.2) is 0 Å². The van der Waals surface area contributed by atoms with Gasteiger partial charge >= 0.3 is 6.03 Å². The average Bonchev–Trinajstić information content (AvgIpc) is 2.57. The Morgan fingerprint density at radius 2 is 1.92 bits per heavy atom. The van der Waals surface area contributed by atoms with Crippen molar-refractivity contribution in [3.63, 3.8) is 0 Å². The zero-order valence-corrected chi connectivity index (χ0v) is 14.8. The summed E-state index contributed by atoms with van der Waals surface area (Å²) in [7, 11) is 1.50. The lowest BCUT2D eigenvalue weighted by molar-refractivity contribution is -0.116. The van der Waals surface area contributed by atoms with Crippen molar-refractivity contribution < 1.29 is 14.3 Å². The Kier molecular flexibility index (Phi) is 6.25. The second-order valence-electron chi connectivity index (χ2n) is 5.53. The number of rotatable bonds is 6. The van der Waals surface area contributed by atoms with E-state index in [-0.39, 0.29) is 12.3 Å². The number of hydrogen-bond donors (Lipinski definition) is 3. The van der Waals surface area contributed by atoms with Gasteiger partial charge in [-0.1, -0.05) is 41.9 Å². The van der Waals surface area contributed by atoms with Crippen molar-refractivity contribution in [2.24, 2.45) is 5.73 Å². The topological polar surface area (TPSA) is 93.4 Å². The van der Waals surface area contributed by atoms with Crippen LogP contribution in [0.5, 0.6) is 5.75 Å². The molecular weight excluding hydrogens is 342 g/mol. The third kappa shape index (κ3) is 5.12. The first-order valence-corrected chi connectivity index (χ1v) is 8.03. The first kappa shape index (κ1) is 18.6. The SMILES string of the molecule is COc1cc(Cl)c(C)cc1NC(=O)CC(NC(N)=O)c1ccccc1. The molecule has 25 heavy (non-hydrogen) atoms. The molecule has 0 aliphatic rings. The van der Waals surface area contributed by atoms with Gasteiger partial charge in [0.2, 0.25) is 5.91 Å². The predicted octanol–water partition coefficient (Wildman–Crippen LogP) is 3.40. The first-order valence-electron chi connectivity index (χ1n) is 7.65. The highest BCUT2D eigenvalue weighted by molar-refractivity contribution is 6.31. The molecule has 2 aromatic rings. The molecular formula is C18H20ClN3O3. The van der Waals surface area contributed by atoms with Crippen molar-refractivity contribution in [3.05, 3.63) is 58.6 Å². The van der Waals surface area contributed by atoms with Crippen LogP contribution in [0.4, 0.5) is 10.5 Å². The standard InChI is InChI=1S/C18H20ClN3O3/c1-11-8-15(16(25-2)9-13(11)19)21-17(23)10-14(22-18(20)24)12-6-4-3-5-7-12/h3-9,14H,10H2,1-2H3,(H,21,23)(H3,20,22,24). The minimum absolute atomic E-state index is 0.0256. The third-order valence-electron chi connectivity index (χ3n) is 3.66. The molecule has 0 spiro atoms. The molecule has 132 valence electrons. The number of anilines is 1. The lowest BCUT2D eigenvalue weighted by Gasteiger charge is -2.18. The number of amides is 3. The number of urea groups is 1. The van der Waals surface area contributed by atoms with Crippen LogP contribution in [-0.2, 0) is 4.79 Å². The van der Waals surface area contributed by atoms with E-state index in [4.69, 9.17) is 22.1 Å². The number of nitrogens with one attached hydrogen (secondary N) is 2. The van der Waals surface area contributed by atoms with Crippen molar-refractivity contribution in [2.75, 3.05) is 12.4 Å². The Morgan fingerprint density at radius 1 is 1.24 bits per heavy atom. The highest BCUT2D eigenvalue weighted by Gasteiger charge is 2.18. The van der Waals surface area contributed by atoms with Gasteiger partial charge in [-0.3, -0.25) is 4.79 Å². The summed E-state index contributed by atoms with van der Waals surface area (Å²) in [5.41, 5.74) is 7.34. The number of ether oxygens (including phenoxy) is 1. The fraction of sp³-hybridized carbons (Fsp3) is 0.222. The molecule has 6 nitrogen and oxygen atoms in total. The van der Waals surface area contributed by atoms with Gasteiger partial charge in [-0.2, -0.15) is 0 Å². The van der Waals surface area contributed by atoms with E-state index in [1.54, 1.807) is 12.1 Å². The Morgan fingerprint density at radius 3 is 2.52 bits per heavy atom. The summed E-state index contributed by atoms with van der Waals surface area (Å²) in [5.74, 6) is 0.172. The molecule has 7 heteroatoms. The predicted molar refractivity (Wildman–Crippen MR) is 97.9 cm³/mol. The monoisotopic (exact) mass is 361 g/mol. The molecule has 0 fully saturated rings. The third-order valence-corrected chi connectivity index (χ3v) is 4.07. The highest BCUT2D eigenvalue weighted by atomic mass is 35.5. The van der Waals surface area contributed by atoms with Gasteiger partial charge in [-0.05, 0) is 24.1 Å².